The molecular formula is C17H25NO. The molecule has 1 aromatic carbocycles. The molecule has 0 bridgehead atoms. The number of rotatable bonds is 1. The zero-order valence-electron chi connectivity index (χ0n) is 12.2. The van der Waals surface area contributed by atoms with Crippen LogP contribution in [0.4, 0.5) is 0 Å². The van der Waals surface area contributed by atoms with Gasteiger partial charge in [0.05, 0.1) is 6.10 Å². The third-order valence-electron chi connectivity index (χ3n) is 5.24. The van der Waals surface area contributed by atoms with E-state index in [4.69, 9.17) is 0 Å². The van der Waals surface area contributed by atoms with Crippen LogP contribution in [0.3, 0.4) is 0 Å². The second-order valence-electron chi connectivity index (χ2n) is 6.67. The third kappa shape index (κ3) is 2.21. The summed E-state index contributed by atoms with van der Waals surface area (Å²) in [5.41, 5.74) is 2.48. The van der Waals surface area contributed by atoms with E-state index in [1.807, 2.05) is 6.07 Å². The van der Waals surface area contributed by atoms with Crippen LogP contribution in [0.25, 0.3) is 0 Å². The quantitative estimate of drug-likeness (QED) is 0.838. The van der Waals surface area contributed by atoms with E-state index in [2.05, 4.69) is 43.9 Å². The summed E-state index contributed by atoms with van der Waals surface area (Å²) in [6, 6.07) is 9.22. The molecule has 0 amide bonds. The predicted octanol–water partition coefficient (Wildman–Crippen LogP) is 3.01. The predicted molar refractivity (Wildman–Crippen MR) is 78.0 cm³/mol. The number of benzene rings is 1. The Kier molecular flexibility index (Phi) is 3.40. The number of aliphatic hydroxyl groups excluding tert-OH is 1. The van der Waals surface area contributed by atoms with Gasteiger partial charge in [0.25, 0.3) is 0 Å². The molecule has 5 atom stereocenters. The van der Waals surface area contributed by atoms with Gasteiger partial charge in [-0.3, -0.25) is 4.90 Å². The number of hydrogen-bond donors (Lipinski definition) is 1. The van der Waals surface area contributed by atoms with Gasteiger partial charge < -0.3 is 5.11 Å². The molecule has 2 nitrogen and oxygen atoms in total. The Morgan fingerprint density at radius 2 is 1.89 bits per heavy atom. The van der Waals surface area contributed by atoms with E-state index < -0.39 is 0 Å². The molecule has 0 saturated carbocycles. The SMILES string of the molecule is CC1CC(C)C(C)N(C2Cc3ccccc3C2O)C1. The molecule has 5 unspecified atom stereocenters. The molecule has 1 aliphatic heterocycles. The summed E-state index contributed by atoms with van der Waals surface area (Å²) < 4.78 is 0. The average Bonchev–Trinajstić information content (AvgIpc) is 2.72. The zero-order valence-corrected chi connectivity index (χ0v) is 12.2. The zero-order chi connectivity index (χ0) is 13.6. The maximum atomic E-state index is 10.6. The van der Waals surface area contributed by atoms with E-state index in [0.717, 1.165) is 30.4 Å². The minimum absolute atomic E-state index is 0.276. The number of nitrogens with zero attached hydrogens (tertiary/aromatic N) is 1. The van der Waals surface area contributed by atoms with Crippen LogP contribution in [0.2, 0.25) is 0 Å². The second kappa shape index (κ2) is 4.92. The van der Waals surface area contributed by atoms with Crippen molar-refractivity contribution >= 4 is 0 Å². The first kappa shape index (κ1) is 13.1. The van der Waals surface area contributed by atoms with E-state index in [1.165, 1.54) is 12.0 Å². The van der Waals surface area contributed by atoms with E-state index in [9.17, 15) is 5.11 Å². The van der Waals surface area contributed by atoms with Crippen molar-refractivity contribution in [3.05, 3.63) is 35.4 Å². The first-order valence-corrected chi connectivity index (χ1v) is 7.59. The molecule has 104 valence electrons. The standard InChI is InChI=1S/C17H25NO/c1-11-8-12(2)13(3)18(10-11)16-9-14-6-4-5-7-15(14)17(16)19/h4-7,11-13,16-17,19H,8-10H2,1-3H3. The van der Waals surface area contributed by atoms with E-state index >= 15 is 0 Å². The van der Waals surface area contributed by atoms with Crippen LogP contribution >= 0.6 is 0 Å². The fourth-order valence-electron chi connectivity index (χ4n) is 4.05. The lowest BCUT2D eigenvalue weighted by Crippen LogP contribution is -2.52. The maximum Gasteiger partial charge on any atom is 0.0951 e. The Hall–Kier alpha value is -0.860. The van der Waals surface area contributed by atoms with Crippen LogP contribution in [0, 0.1) is 11.8 Å². The Balaban J connectivity index is 1.84. The first-order chi connectivity index (χ1) is 9.08. The second-order valence-corrected chi connectivity index (χ2v) is 6.67. The molecule has 1 heterocycles. The molecule has 1 aromatic rings. The van der Waals surface area contributed by atoms with Gasteiger partial charge in [0.15, 0.2) is 0 Å². The summed E-state index contributed by atoms with van der Waals surface area (Å²) in [5, 5.41) is 10.6. The van der Waals surface area contributed by atoms with Gasteiger partial charge in [-0.25, -0.2) is 0 Å². The van der Waals surface area contributed by atoms with Gasteiger partial charge in [0.2, 0.25) is 0 Å². The van der Waals surface area contributed by atoms with Crippen molar-refractivity contribution in [1.82, 2.24) is 4.90 Å². The number of fused-ring (bicyclic) bond motifs is 1. The average molecular weight is 259 g/mol. The lowest BCUT2D eigenvalue weighted by Gasteiger charge is -2.45. The summed E-state index contributed by atoms with van der Waals surface area (Å²) in [7, 11) is 0. The topological polar surface area (TPSA) is 23.5 Å². The van der Waals surface area contributed by atoms with E-state index in [1.54, 1.807) is 0 Å². The minimum Gasteiger partial charge on any atom is -0.387 e. The molecule has 1 aliphatic carbocycles. The van der Waals surface area contributed by atoms with Gasteiger partial charge >= 0.3 is 0 Å². The smallest absolute Gasteiger partial charge is 0.0951 e. The number of likely N-dealkylation sites (tertiary alicyclic amines) is 1. The van der Waals surface area contributed by atoms with Crippen molar-refractivity contribution in [3.63, 3.8) is 0 Å². The van der Waals surface area contributed by atoms with Gasteiger partial charge in [-0.05, 0) is 42.7 Å². The fourth-order valence-corrected chi connectivity index (χ4v) is 4.05. The minimum atomic E-state index is -0.309. The summed E-state index contributed by atoms with van der Waals surface area (Å²) in [4.78, 5) is 2.56. The molecule has 0 aromatic heterocycles. The highest BCUT2D eigenvalue weighted by Crippen LogP contribution is 2.38. The van der Waals surface area contributed by atoms with Gasteiger partial charge in [0.1, 0.15) is 0 Å². The number of hydrogen-bond acceptors (Lipinski definition) is 2. The van der Waals surface area contributed by atoms with Crippen LogP contribution in [-0.4, -0.2) is 28.6 Å². The summed E-state index contributed by atoms with van der Waals surface area (Å²) in [6.07, 6.45) is 2.00. The summed E-state index contributed by atoms with van der Waals surface area (Å²) in [5.74, 6) is 1.46. The Bertz CT molecular complexity index is 458. The number of piperidine rings is 1. The van der Waals surface area contributed by atoms with Crippen LogP contribution in [0.1, 0.15) is 44.4 Å². The largest absolute Gasteiger partial charge is 0.387 e. The Morgan fingerprint density at radius 1 is 1.16 bits per heavy atom. The van der Waals surface area contributed by atoms with E-state index in [0.29, 0.717) is 6.04 Å². The van der Waals surface area contributed by atoms with Crippen LogP contribution < -0.4 is 0 Å². The lowest BCUT2D eigenvalue weighted by atomic mass is 9.84. The molecule has 2 heteroatoms. The first-order valence-electron chi connectivity index (χ1n) is 7.59. The van der Waals surface area contributed by atoms with Crippen molar-refractivity contribution in [2.45, 2.75) is 51.8 Å². The van der Waals surface area contributed by atoms with Crippen molar-refractivity contribution in [3.8, 4) is 0 Å². The maximum absolute atomic E-state index is 10.6. The van der Waals surface area contributed by atoms with Crippen molar-refractivity contribution < 1.29 is 5.11 Å². The monoisotopic (exact) mass is 259 g/mol. The van der Waals surface area contributed by atoms with Crippen LogP contribution in [0.5, 0.6) is 0 Å². The molecule has 1 fully saturated rings. The molecule has 0 spiro atoms. The molecule has 0 radical (unpaired) electrons. The summed E-state index contributed by atoms with van der Waals surface area (Å²) in [6.45, 7) is 8.14. The molecular weight excluding hydrogens is 234 g/mol. The summed E-state index contributed by atoms with van der Waals surface area (Å²) >= 11 is 0. The van der Waals surface area contributed by atoms with Gasteiger partial charge in [-0.15, -0.1) is 0 Å². The van der Waals surface area contributed by atoms with Crippen molar-refractivity contribution in [1.29, 1.82) is 0 Å². The van der Waals surface area contributed by atoms with Crippen LogP contribution in [-0.2, 0) is 6.42 Å². The van der Waals surface area contributed by atoms with Crippen molar-refractivity contribution in [2.24, 2.45) is 11.8 Å². The third-order valence-corrected chi connectivity index (χ3v) is 5.24. The van der Waals surface area contributed by atoms with Gasteiger partial charge in [-0.2, -0.15) is 0 Å². The van der Waals surface area contributed by atoms with Crippen LogP contribution in [0.15, 0.2) is 24.3 Å². The fraction of sp³-hybridized carbons (Fsp3) is 0.647. The Morgan fingerprint density at radius 3 is 2.63 bits per heavy atom. The normalized spacial score (nSPS) is 39.3. The Labute approximate surface area is 116 Å². The molecule has 1 N–H and O–H groups in total. The van der Waals surface area contributed by atoms with E-state index in [-0.39, 0.29) is 12.1 Å². The van der Waals surface area contributed by atoms with Gasteiger partial charge in [-0.1, -0.05) is 38.1 Å². The highest BCUT2D eigenvalue weighted by atomic mass is 16.3. The highest BCUT2D eigenvalue weighted by molar-refractivity contribution is 5.36. The molecule has 1 saturated heterocycles. The lowest BCUT2D eigenvalue weighted by molar-refractivity contribution is -0.0124. The van der Waals surface area contributed by atoms with Gasteiger partial charge in [0, 0.05) is 18.6 Å². The van der Waals surface area contributed by atoms with Crippen molar-refractivity contribution in [2.75, 3.05) is 6.54 Å². The molecule has 3 rings (SSSR count). The molecule has 19 heavy (non-hydrogen) atoms. The number of aliphatic hydroxyl groups is 1. The molecule has 2 aliphatic rings. The highest BCUT2D eigenvalue weighted by Gasteiger charge is 2.40.